The van der Waals surface area contributed by atoms with Crippen LogP contribution in [0.25, 0.3) is 11.5 Å². The molecule has 0 saturated carbocycles. The predicted molar refractivity (Wildman–Crippen MR) is 150 cm³/mol. The molecule has 1 atom stereocenters. The van der Waals surface area contributed by atoms with Crippen LogP contribution in [0.3, 0.4) is 0 Å². The first-order valence-electron chi connectivity index (χ1n) is 13.1. The fourth-order valence-electron chi connectivity index (χ4n) is 4.21. The van der Waals surface area contributed by atoms with Crippen molar-refractivity contribution >= 4 is 11.8 Å². The number of hydrogen-bond acceptors (Lipinski definition) is 6. The summed E-state index contributed by atoms with van der Waals surface area (Å²) in [4.78, 5) is 28.6. The smallest absolute Gasteiger partial charge is 0.416 e. The molecule has 0 unspecified atom stereocenters. The van der Waals surface area contributed by atoms with Crippen LogP contribution in [-0.2, 0) is 23.8 Å². The van der Waals surface area contributed by atoms with E-state index in [2.05, 4.69) is 10.3 Å². The Kier molecular flexibility index (Phi) is 9.46. The fourth-order valence-corrected chi connectivity index (χ4v) is 4.21. The molecule has 0 fully saturated rings. The molecule has 1 aromatic heterocycles. The van der Waals surface area contributed by atoms with E-state index in [0.29, 0.717) is 40.4 Å². The van der Waals surface area contributed by atoms with Gasteiger partial charge in [0.25, 0.3) is 0 Å². The van der Waals surface area contributed by atoms with Crippen molar-refractivity contribution < 1.29 is 37.0 Å². The van der Waals surface area contributed by atoms with Gasteiger partial charge in [0.05, 0.1) is 17.9 Å². The fraction of sp³-hybridized carbons (Fsp3) is 0.219. The van der Waals surface area contributed by atoms with Gasteiger partial charge in [-0.15, -0.1) is 0 Å². The molecule has 3 aromatic carbocycles. The molecule has 0 bridgehead atoms. The summed E-state index contributed by atoms with van der Waals surface area (Å²) in [5.74, 6) is 0.0894. The number of allylic oxidation sites excluding steroid dienone is 2. The molecule has 218 valence electrons. The van der Waals surface area contributed by atoms with E-state index < -0.39 is 23.8 Å². The molecule has 7 nitrogen and oxygen atoms in total. The lowest BCUT2D eigenvalue weighted by molar-refractivity contribution is -0.139. The van der Waals surface area contributed by atoms with Gasteiger partial charge in [0.1, 0.15) is 17.6 Å². The summed E-state index contributed by atoms with van der Waals surface area (Å²) in [7, 11) is 0. The number of ketones is 1. The zero-order chi connectivity index (χ0) is 30.3. The average molecular weight is 579 g/mol. The van der Waals surface area contributed by atoms with E-state index in [0.717, 1.165) is 17.7 Å². The van der Waals surface area contributed by atoms with E-state index in [-0.39, 0.29) is 24.7 Å². The third-order valence-electron chi connectivity index (χ3n) is 6.43. The van der Waals surface area contributed by atoms with Gasteiger partial charge in [-0.2, -0.15) is 13.2 Å². The van der Waals surface area contributed by atoms with Gasteiger partial charge in [-0.05, 0) is 55.8 Å². The highest BCUT2D eigenvalue weighted by atomic mass is 19.4. The summed E-state index contributed by atoms with van der Waals surface area (Å²) >= 11 is 0. The third-order valence-corrected chi connectivity index (χ3v) is 6.43. The Balaban J connectivity index is 1.30. The largest absolute Gasteiger partial charge is 0.493 e. The SMILES string of the molecule is C/C(=C\C(=O)c1ccccc1)N[C@H](Cc1ccc(OCCc2nc(-c3ccc(C(F)(F)F)cc3)oc2C)cc1)C(=O)O. The van der Waals surface area contributed by atoms with E-state index in [9.17, 15) is 27.9 Å². The average Bonchev–Trinajstić information content (AvgIpc) is 3.33. The number of rotatable bonds is 12. The molecular formula is C32H29F3N2O5. The number of carbonyl (C=O) groups is 2. The van der Waals surface area contributed by atoms with Crippen LogP contribution in [0.1, 0.15) is 39.9 Å². The monoisotopic (exact) mass is 578 g/mol. The number of carbonyl (C=O) groups excluding carboxylic acids is 1. The number of hydrogen-bond donors (Lipinski definition) is 2. The van der Waals surface area contributed by atoms with Crippen LogP contribution in [0.2, 0.25) is 0 Å². The van der Waals surface area contributed by atoms with Gasteiger partial charge in [0, 0.05) is 35.7 Å². The van der Waals surface area contributed by atoms with Gasteiger partial charge >= 0.3 is 12.1 Å². The Bertz CT molecular complexity index is 1540. The number of aromatic nitrogens is 1. The first-order chi connectivity index (χ1) is 20.0. The Morgan fingerprint density at radius 2 is 1.69 bits per heavy atom. The summed E-state index contributed by atoms with van der Waals surface area (Å²) in [5.41, 5.74) is 2.05. The van der Waals surface area contributed by atoms with Crippen molar-refractivity contribution in [1.82, 2.24) is 10.3 Å². The number of nitrogens with zero attached hydrogens (tertiary/aromatic N) is 1. The molecule has 1 heterocycles. The molecule has 10 heteroatoms. The second kappa shape index (κ2) is 13.2. The highest BCUT2D eigenvalue weighted by molar-refractivity contribution is 6.04. The molecule has 0 aliphatic rings. The van der Waals surface area contributed by atoms with E-state index in [1.54, 1.807) is 62.4 Å². The van der Waals surface area contributed by atoms with Crippen LogP contribution in [0.15, 0.2) is 95.1 Å². The molecule has 4 aromatic rings. The number of aryl methyl sites for hydroxylation is 1. The number of carboxylic acids is 1. The maximum Gasteiger partial charge on any atom is 0.416 e. The van der Waals surface area contributed by atoms with Gasteiger partial charge in [0.2, 0.25) is 5.89 Å². The van der Waals surface area contributed by atoms with Crippen LogP contribution in [0.4, 0.5) is 13.2 Å². The second-order valence-electron chi connectivity index (χ2n) is 9.64. The number of oxazole rings is 1. The molecule has 42 heavy (non-hydrogen) atoms. The molecule has 0 amide bonds. The zero-order valence-corrected chi connectivity index (χ0v) is 22.9. The van der Waals surface area contributed by atoms with Crippen molar-refractivity contribution in [1.29, 1.82) is 0 Å². The number of carboxylic acid groups (broad SMARTS) is 1. The number of halogens is 3. The zero-order valence-electron chi connectivity index (χ0n) is 22.9. The lowest BCUT2D eigenvalue weighted by Gasteiger charge is -2.16. The number of aliphatic carboxylic acids is 1. The van der Waals surface area contributed by atoms with Crippen molar-refractivity contribution in [2.24, 2.45) is 0 Å². The Morgan fingerprint density at radius 1 is 1.02 bits per heavy atom. The summed E-state index contributed by atoms with van der Waals surface area (Å²) in [6.07, 6.45) is -2.44. The van der Waals surface area contributed by atoms with Crippen molar-refractivity contribution in [3.63, 3.8) is 0 Å². The molecule has 0 saturated heterocycles. The first kappa shape index (κ1) is 30.1. The number of alkyl halides is 3. The number of nitrogens with one attached hydrogen (secondary N) is 1. The highest BCUT2D eigenvalue weighted by Gasteiger charge is 2.30. The summed E-state index contributed by atoms with van der Waals surface area (Å²) in [6, 6.07) is 19.4. The van der Waals surface area contributed by atoms with E-state index >= 15 is 0 Å². The molecule has 0 aliphatic heterocycles. The van der Waals surface area contributed by atoms with Gasteiger partial charge in [-0.1, -0.05) is 42.5 Å². The molecular weight excluding hydrogens is 549 g/mol. The van der Waals surface area contributed by atoms with Gasteiger partial charge in [0.15, 0.2) is 5.78 Å². The minimum absolute atomic E-state index is 0.186. The molecule has 4 rings (SSSR count). The van der Waals surface area contributed by atoms with Crippen LogP contribution in [0, 0.1) is 6.92 Å². The highest BCUT2D eigenvalue weighted by Crippen LogP contribution is 2.31. The maximum atomic E-state index is 12.8. The van der Waals surface area contributed by atoms with Gasteiger partial charge < -0.3 is 19.6 Å². The standard InChI is InChI=1S/C32H29F3N2O5/c1-20(18-29(38)23-6-4-3-5-7-23)36-28(31(39)40)19-22-8-14-26(15-9-22)41-17-16-27-21(2)42-30(37-27)24-10-12-25(13-11-24)32(33,34)35/h3-15,18,28,36H,16-17,19H2,1-2H3,(H,39,40)/b20-18+/t28-/m1/s1. The molecule has 2 N–H and O–H groups in total. The lowest BCUT2D eigenvalue weighted by atomic mass is 10.1. The number of ether oxygens (including phenoxy) is 1. The summed E-state index contributed by atoms with van der Waals surface area (Å²) < 4.78 is 49.9. The molecule has 0 spiro atoms. The lowest BCUT2D eigenvalue weighted by Crippen LogP contribution is -2.37. The van der Waals surface area contributed by atoms with E-state index in [4.69, 9.17) is 9.15 Å². The Hall–Kier alpha value is -4.86. The first-order valence-corrected chi connectivity index (χ1v) is 13.1. The predicted octanol–water partition coefficient (Wildman–Crippen LogP) is 6.66. The van der Waals surface area contributed by atoms with Crippen molar-refractivity contribution in [2.75, 3.05) is 6.61 Å². The molecule has 0 aliphatic carbocycles. The van der Waals surface area contributed by atoms with Crippen molar-refractivity contribution in [2.45, 2.75) is 38.9 Å². The summed E-state index contributed by atoms with van der Waals surface area (Å²) in [5, 5.41) is 12.6. The minimum Gasteiger partial charge on any atom is -0.493 e. The third kappa shape index (κ3) is 8.09. The molecule has 0 radical (unpaired) electrons. The minimum atomic E-state index is -4.42. The van der Waals surface area contributed by atoms with Crippen molar-refractivity contribution in [3.05, 3.63) is 119 Å². The van der Waals surface area contributed by atoms with Crippen LogP contribution in [-0.4, -0.2) is 34.5 Å². The van der Waals surface area contributed by atoms with Crippen LogP contribution < -0.4 is 10.1 Å². The van der Waals surface area contributed by atoms with E-state index in [1.165, 1.54) is 18.2 Å². The summed E-state index contributed by atoms with van der Waals surface area (Å²) in [6.45, 7) is 3.65. The quantitative estimate of drug-likeness (QED) is 0.143. The van der Waals surface area contributed by atoms with Crippen LogP contribution in [0.5, 0.6) is 5.75 Å². The maximum absolute atomic E-state index is 12.8. The topological polar surface area (TPSA) is 102 Å². The van der Waals surface area contributed by atoms with Crippen molar-refractivity contribution in [3.8, 4) is 17.2 Å². The Labute approximate surface area is 240 Å². The van der Waals surface area contributed by atoms with Gasteiger partial charge in [-0.25, -0.2) is 9.78 Å². The van der Waals surface area contributed by atoms with Crippen LogP contribution >= 0.6 is 0 Å². The number of benzene rings is 3. The van der Waals surface area contributed by atoms with Gasteiger partial charge in [-0.3, -0.25) is 4.79 Å². The van der Waals surface area contributed by atoms with E-state index in [1.807, 2.05) is 6.07 Å². The second-order valence-corrected chi connectivity index (χ2v) is 9.64. The normalized spacial score (nSPS) is 12.5. The Morgan fingerprint density at radius 3 is 2.31 bits per heavy atom.